The molecule has 6 heteroatoms. The molecule has 1 saturated heterocycles. The Hall–Kier alpha value is -1.55. The molecule has 2 atom stereocenters. The van der Waals surface area contributed by atoms with E-state index < -0.39 is 12.7 Å². The fourth-order valence-corrected chi connectivity index (χ4v) is 3.06. The lowest BCUT2D eigenvalue weighted by Gasteiger charge is -2.28. The van der Waals surface area contributed by atoms with Crippen LogP contribution in [0.25, 0.3) is 0 Å². The predicted octanol–water partition coefficient (Wildman–Crippen LogP) is 0.980. The maximum atomic E-state index is 10.0. The van der Waals surface area contributed by atoms with Gasteiger partial charge in [-0.15, -0.1) is 0 Å². The summed E-state index contributed by atoms with van der Waals surface area (Å²) in [4.78, 5) is 0. The molecule has 2 unspecified atom stereocenters. The summed E-state index contributed by atoms with van der Waals surface area (Å²) in [6.45, 7) is 5.05. The van der Waals surface area contributed by atoms with Gasteiger partial charge in [0.25, 0.3) is 0 Å². The van der Waals surface area contributed by atoms with E-state index in [9.17, 15) is 10.3 Å². The van der Waals surface area contributed by atoms with Crippen molar-refractivity contribution in [3.05, 3.63) is 23.8 Å². The Kier molecular flexibility index (Phi) is 3.66. The highest BCUT2D eigenvalue weighted by Crippen LogP contribution is 2.31. The molecule has 5 nitrogen and oxygen atoms in total. The zero-order chi connectivity index (χ0) is 15.0. The Bertz CT molecular complexity index is 585. The molecular formula is C15H19BN2O3. The highest BCUT2D eigenvalue weighted by molar-refractivity contribution is 6.62. The Labute approximate surface area is 125 Å². The smallest absolute Gasteiger partial charge is 0.423 e. The van der Waals surface area contributed by atoms with Gasteiger partial charge in [0.05, 0.1) is 30.2 Å². The zero-order valence-electron chi connectivity index (χ0n) is 12.3. The summed E-state index contributed by atoms with van der Waals surface area (Å²) in [6, 6.07) is 8.15. The van der Waals surface area contributed by atoms with Gasteiger partial charge in [0, 0.05) is 12.3 Å². The fraction of sp³-hybridized carbons (Fsp3) is 0.533. The number of hydrogen-bond donors (Lipinski definition) is 2. The third-order valence-corrected chi connectivity index (χ3v) is 4.25. The summed E-state index contributed by atoms with van der Waals surface area (Å²) in [5, 5.41) is 22.6. The van der Waals surface area contributed by atoms with E-state index in [4.69, 9.17) is 9.39 Å². The topological polar surface area (TPSA) is 74.5 Å². The van der Waals surface area contributed by atoms with Crippen LogP contribution in [0, 0.1) is 17.2 Å². The van der Waals surface area contributed by atoms with Gasteiger partial charge in [-0.25, -0.2) is 0 Å². The van der Waals surface area contributed by atoms with E-state index in [1.807, 2.05) is 32.0 Å². The first kappa shape index (κ1) is 14.4. The molecular weight excluding hydrogens is 267 g/mol. The first-order chi connectivity index (χ1) is 10.0. The quantitative estimate of drug-likeness (QED) is 0.793. The molecule has 0 amide bonds. The van der Waals surface area contributed by atoms with Crippen LogP contribution >= 0.6 is 0 Å². The van der Waals surface area contributed by atoms with Crippen molar-refractivity contribution in [1.82, 2.24) is 0 Å². The molecule has 2 aliphatic rings. The lowest BCUT2D eigenvalue weighted by atomic mass is 9.78. The van der Waals surface area contributed by atoms with E-state index in [-0.39, 0.29) is 12.0 Å². The van der Waals surface area contributed by atoms with Crippen molar-refractivity contribution in [1.29, 1.82) is 5.26 Å². The van der Waals surface area contributed by atoms with Crippen LogP contribution in [0.5, 0.6) is 0 Å². The Morgan fingerprint density at radius 2 is 2.29 bits per heavy atom. The highest BCUT2D eigenvalue weighted by Gasteiger charge is 2.40. The molecule has 0 saturated carbocycles. The van der Waals surface area contributed by atoms with Crippen molar-refractivity contribution in [3.63, 3.8) is 0 Å². The van der Waals surface area contributed by atoms with Crippen molar-refractivity contribution in [3.8, 4) is 6.07 Å². The summed E-state index contributed by atoms with van der Waals surface area (Å²) < 4.78 is 11.0. The number of nitriles is 1. The van der Waals surface area contributed by atoms with Crippen LogP contribution in [0.2, 0.25) is 0 Å². The number of nitrogens with zero attached hydrogens (tertiary/aromatic N) is 1. The number of rotatable bonds is 2. The average molecular weight is 286 g/mol. The Balaban J connectivity index is 1.82. The summed E-state index contributed by atoms with van der Waals surface area (Å²) in [6.07, 6.45) is 0.748. The second kappa shape index (κ2) is 5.34. The van der Waals surface area contributed by atoms with Crippen molar-refractivity contribution >= 4 is 18.3 Å². The minimum absolute atomic E-state index is 0.0192. The number of nitrogens with one attached hydrogen (secondary N) is 1. The van der Waals surface area contributed by atoms with Crippen molar-refractivity contribution < 1.29 is 14.4 Å². The van der Waals surface area contributed by atoms with E-state index in [1.54, 1.807) is 0 Å². The molecule has 0 radical (unpaired) electrons. The highest BCUT2D eigenvalue weighted by atomic mass is 16.5. The number of hydrogen-bond acceptors (Lipinski definition) is 5. The monoisotopic (exact) mass is 286 g/mol. The third-order valence-electron chi connectivity index (χ3n) is 4.25. The van der Waals surface area contributed by atoms with Gasteiger partial charge in [0.1, 0.15) is 0 Å². The standard InChI is InChI=1S/C15H19BN2O3/c1-15(2)12-4-3-11(7-13(12)16(19)21-15)18-14-9-20-6-5-10(14)8-17/h3-4,7,10,14,18-19H,5-6,9H2,1-2H3. The van der Waals surface area contributed by atoms with Gasteiger partial charge in [-0.1, -0.05) is 6.07 Å². The van der Waals surface area contributed by atoms with E-state index >= 15 is 0 Å². The lowest BCUT2D eigenvalue weighted by molar-refractivity contribution is 0.0700. The van der Waals surface area contributed by atoms with E-state index in [0.29, 0.717) is 13.2 Å². The van der Waals surface area contributed by atoms with E-state index in [1.165, 1.54) is 0 Å². The van der Waals surface area contributed by atoms with Gasteiger partial charge in [-0.05, 0) is 43.4 Å². The maximum Gasteiger partial charge on any atom is 0.492 e. The molecule has 0 spiro atoms. The Morgan fingerprint density at radius 1 is 1.48 bits per heavy atom. The van der Waals surface area contributed by atoms with Crippen LogP contribution in [0.1, 0.15) is 25.8 Å². The predicted molar refractivity (Wildman–Crippen MR) is 80.1 cm³/mol. The average Bonchev–Trinajstić information content (AvgIpc) is 2.69. The van der Waals surface area contributed by atoms with E-state index in [2.05, 4.69) is 11.4 Å². The first-order valence-electron chi connectivity index (χ1n) is 7.25. The first-order valence-corrected chi connectivity index (χ1v) is 7.25. The van der Waals surface area contributed by atoms with Crippen LogP contribution in [0.15, 0.2) is 18.2 Å². The molecule has 0 aliphatic carbocycles. The molecule has 2 N–H and O–H groups in total. The number of fused-ring (bicyclic) bond motifs is 1. The summed E-state index contributed by atoms with van der Waals surface area (Å²) >= 11 is 0. The van der Waals surface area contributed by atoms with Gasteiger partial charge in [-0.3, -0.25) is 0 Å². The van der Waals surface area contributed by atoms with Crippen molar-refractivity contribution in [2.45, 2.75) is 31.9 Å². The van der Waals surface area contributed by atoms with Crippen LogP contribution < -0.4 is 10.8 Å². The van der Waals surface area contributed by atoms with Crippen LogP contribution in [-0.2, 0) is 15.0 Å². The maximum absolute atomic E-state index is 10.0. The molecule has 21 heavy (non-hydrogen) atoms. The van der Waals surface area contributed by atoms with E-state index in [0.717, 1.165) is 23.1 Å². The summed E-state index contributed by atoms with van der Waals surface area (Å²) in [5.41, 5.74) is 2.19. The van der Waals surface area contributed by atoms with Gasteiger partial charge >= 0.3 is 7.12 Å². The minimum atomic E-state index is -0.897. The second-order valence-electron chi connectivity index (χ2n) is 6.13. The Morgan fingerprint density at radius 3 is 3.05 bits per heavy atom. The molecule has 1 aromatic carbocycles. The largest absolute Gasteiger partial charge is 0.492 e. The molecule has 0 bridgehead atoms. The number of ether oxygens (including phenoxy) is 1. The molecule has 3 rings (SSSR count). The molecule has 2 aliphatic heterocycles. The minimum Gasteiger partial charge on any atom is -0.423 e. The van der Waals surface area contributed by atoms with Gasteiger partial charge in [0.2, 0.25) is 0 Å². The van der Waals surface area contributed by atoms with Crippen LogP contribution in [0.3, 0.4) is 0 Å². The normalized spacial score (nSPS) is 27.0. The fourth-order valence-electron chi connectivity index (χ4n) is 3.06. The molecule has 1 fully saturated rings. The van der Waals surface area contributed by atoms with Crippen LogP contribution in [-0.4, -0.2) is 31.4 Å². The van der Waals surface area contributed by atoms with Gasteiger partial charge < -0.3 is 19.7 Å². The number of anilines is 1. The van der Waals surface area contributed by atoms with Crippen LogP contribution in [0.4, 0.5) is 5.69 Å². The molecule has 2 heterocycles. The second-order valence-corrected chi connectivity index (χ2v) is 6.13. The van der Waals surface area contributed by atoms with Crippen molar-refractivity contribution in [2.24, 2.45) is 5.92 Å². The summed E-state index contributed by atoms with van der Waals surface area (Å²) in [5.74, 6) is -0.0513. The van der Waals surface area contributed by atoms with Gasteiger partial charge in [-0.2, -0.15) is 5.26 Å². The molecule has 1 aromatic rings. The number of benzene rings is 1. The van der Waals surface area contributed by atoms with Gasteiger partial charge in [0.15, 0.2) is 0 Å². The molecule has 0 aromatic heterocycles. The SMILES string of the molecule is CC1(C)OB(O)c2cc(NC3COCCC3C#N)ccc21. The third kappa shape index (κ3) is 2.65. The molecule has 110 valence electrons. The van der Waals surface area contributed by atoms with Crippen molar-refractivity contribution in [2.75, 3.05) is 18.5 Å². The lowest BCUT2D eigenvalue weighted by Crippen LogP contribution is -2.38. The zero-order valence-corrected chi connectivity index (χ0v) is 12.3. The summed E-state index contributed by atoms with van der Waals surface area (Å²) in [7, 11) is -0.897.